The average Bonchev–Trinajstić information content (AvgIpc) is 2.70. The first-order chi connectivity index (χ1) is 8.93. The van der Waals surface area contributed by atoms with Crippen molar-refractivity contribution in [3.8, 4) is 0 Å². The second kappa shape index (κ2) is 5.08. The van der Waals surface area contributed by atoms with Crippen molar-refractivity contribution in [2.45, 2.75) is 12.2 Å². The SMILES string of the molecule is NCCN1CC(c2ccccc2C(F)(F)F)NC1=O. The summed E-state index contributed by atoms with van der Waals surface area (Å²) in [6, 6.07) is 4.24. The molecule has 19 heavy (non-hydrogen) atoms. The van der Waals surface area contributed by atoms with Crippen molar-refractivity contribution >= 4 is 6.03 Å². The molecule has 0 spiro atoms. The highest BCUT2D eigenvalue weighted by Crippen LogP contribution is 2.35. The van der Waals surface area contributed by atoms with Gasteiger partial charge in [-0.05, 0) is 11.6 Å². The molecule has 1 aromatic carbocycles. The van der Waals surface area contributed by atoms with Gasteiger partial charge in [-0.2, -0.15) is 13.2 Å². The molecule has 3 N–H and O–H groups in total. The fourth-order valence-electron chi connectivity index (χ4n) is 2.17. The topological polar surface area (TPSA) is 58.4 Å². The lowest BCUT2D eigenvalue weighted by Gasteiger charge is -2.17. The van der Waals surface area contributed by atoms with Crippen LogP contribution in [0.25, 0.3) is 0 Å². The van der Waals surface area contributed by atoms with E-state index in [9.17, 15) is 18.0 Å². The van der Waals surface area contributed by atoms with Gasteiger partial charge in [-0.3, -0.25) is 0 Å². The molecule has 1 unspecified atom stereocenters. The number of amides is 2. The number of carbonyl (C=O) groups excluding carboxylic acids is 1. The summed E-state index contributed by atoms with van der Waals surface area (Å²) in [4.78, 5) is 13.0. The number of hydrogen-bond donors (Lipinski definition) is 2. The van der Waals surface area contributed by atoms with E-state index in [1.807, 2.05) is 0 Å². The maximum Gasteiger partial charge on any atom is 0.416 e. The molecule has 7 heteroatoms. The Kier molecular flexibility index (Phi) is 3.66. The van der Waals surface area contributed by atoms with Crippen LogP contribution in [-0.2, 0) is 6.18 Å². The zero-order valence-corrected chi connectivity index (χ0v) is 10.1. The first kappa shape index (κ1) is 13.7. The number of nitrogens with one attached hydrogen (secondary N) is 1. The highest BCUT2D eigenvalue weighted by molar-refractivity contribution is 5.77. The van der Waals surface area contributed by atoms with Crippen molar-refractivity contribution in [3.05, 3.63) is 35.4 Å². The molecule has 4 nitrogen and oxygen atoms in total. The summed E-state index contributed by atoms with van der Waals surface area (Å²) in [5.74, 6) is 0. The van der Waals surface area contributed by atoms with Gasteiger partial charge in [-0.15, -0.1) is 0 Å². The molecular weight excluding hydrogens is 259 g/mol. The minimum absolute atomic E-state index is 0.0860. The largest absolute Gasteiger partial charge is 0.416 e. The van der Waals surface area contributed by atoms with Crippen LogP contribution in [0.4, 0.5) is 18.0 Å². The Morgan fingerprint density at radius 1 is 1.37 bits per heavy atom. The maximum absolute atomic E-state index is 12.9. The molecule has 0 aromatic heterocycles. The molecule has 0 saturated carbocycles. The zero-order chi connectivity index (χ0) is 14.0. The number of hydrogen-bond acceptors (Lipinski definition) is 2. The van der Waals surface area contributed by atoms with Crippen molar-refractivity contribution in [3.63, 3.8) is 0 Å². The molecule has 2 amide bonds. The average molecular weight is 273 g/mol. The normalized spacial score (nSPS) is 19.7. The minimum atomic E-state index is -4.43. The van der Waals surface area contributed by atoms with E-state index in [2.05, 4.69) is 5.32 Å². The monoisotopic (exact) mass is 273 g/mol. The van der Waals surface area contributed by atoms with Gasteiger partial charge < -0.3 is 16.0 Å². The van der Waals surface area contributed by atoms with E-state index in [0.29, 0.717) is 6.54 Å². The molecule has 1 atom stereocenters. The number of carbonyl (C=O) groups is 1. The lowest BCUT2D eigenvalue weighted by Crippen LogP contribution is -2.32. The van der Waals surface area contributed by atoms with E-state index in [4.69, 9.17) is 5.73 Å². The third-order valence-electron chi connectivity index (χ3n) is 3.03. The van der Waals surface area contributed by atoms with Gasteiger partial charge in [0.2, 0.25) is 0 Å². The van der Waals surface area contributed by atoms with Gasteiger partial charge in [0.25, 0.3) is 0 Å². The third kappa shape index (κ3) is 2.81. The van der Waals surface area contributed by atoms with Gasteiger partial charge in [-0.1, -0.05) is 18.2 Å². The number of halogens is 3. The number of benzene rings is 1. The van der Waals surface area contributed by atoms with Crippen LogP contribution in [0.5, 0.6) is 0 Å². The molecule has 1 heterocycles. The number of alkyl halides is 3. The Labute approximate surface area is 108 Å². The predicted molar refractivity (Wildman–Crippen MR) is 63.3 cm³/mol. The first-order valence-corrected chi connectivity index (χ1v) is 5.85. The van der Waals surface area contributed by atoms with E-state index in [1.165, 1.54) is 23.1 Å². The molecule has 1 aliphatic rings. The summed E-state index contributed by atoms with van der Waals surface area (Å²) < 4.78 is 38.7. The summed E-state index contributed by atoms with van der Waals surface area (Å²) in [6.07, 6.45) is -4.43. The molecule has 0 aliphatic carbocycles. The Bertz CT molecular complexity index is 476. The second-order valence-corrected chi connectivity index (χ2v) is 4.32. The van der Waals surface area contributed by atoms with Crippen molar-refractivity contribution in [1.82, 2.24) is 10.2 Å². The Morgan fingerprint density at radius 3 is 2.68 bits per heavy atom. The fraction of sp³-hybridized carbons (Fsp3) is 0.417. The molecule has 1 aromatic rings. The summed E-state index contributed by atoms with van der Waals surface area (Å²) in [7, 11) is 0. The molecule has 1 aliphatic heterocycles. The van der Waals surface area contributed by atoms with Crippen LogP contribution in [0.3, 0.4) is 0 Å². The van der Waals surface area contributed by atoms with E-state index in [0.717, 1.165) is 6.07 Å². The standard InChI is InChI=1S/C12H14F3N3O/c13-12(14,15)9-4-2-1-3-8(9)10-7-18(6-5-16)11(19)17-10/h1-4,10H,5-7,16H2,(H,17,19). The number of nitrogens with zero attached hydrogens (tertiary/aromatic N) is 1. The Balaban J connectivity index is 2.27. The highest BCUT2D eigenvalue weighted by atomic mass is 19.4. The molecular formula is C12H14F3N3O. The quantitative estimate of drug-likeness (QED) is 0.881. The summed E-state index contributed by atoms with van der Waals surface area (Å²) in [5, 5.41) is 2.55. The number of urea groups is 1. The predicted octanol–water partition coefficient (Wildman–Crippen LogP) is 1.73. The van der Waals surface area contributed by atoms with E-state index < -0.39 is 17.8 Å². The lowest BCUT2D eigenvalue weighted by molar-refractivity contribution is -0.138. The molecule has 1 saturated heterocycles. The molecule has 1 fully saturated rings. The lowest BCUT2D eigenvalue weighted by atomic mass is 10.0. The van der Waals surface area contributed by atoms with Gasteiger partial charge in [-0.25, -0.2) is 4.79 Å². The summed E-state index contributed by atoms with van der Waals surface area (Å²) in [6.45, 7) is 0.806. The third-order valence-corrected chi connectivity index (χ3v) is 3.03. The van der Waals surface area contributed by atoms with E-state index >= 15 is 0 Å². The number of rotatable bonds is 3. The van der Waals surface area contributed by atoms with Crippen LogP contribution >= 0.6 is 0 Å². The van der Waals surface area contributed by atoms with Gasteiger partial charge >= 0.3 is 12.2 Å². The van der Waals surface area contributed by atoms with Crippen molar-refractivity contribution in [1.29, 1.82) is 0 Å². The van der Waals surface area contributed by atoms with Crippen LogP contribution in [0.1, 0.15) is 17.2 Å². The van der Waals surface area contributed by atoms with Gasteiger partial charge in [0.15, 0.2) is 0 Å². The van der Waals surface area contributed by atoms with E-state index in [1.54, 1.807) is 0 Å². The Morgan fingerprint density at radius 2 is 2.05 bits per heavy atom. The van der Waals surface area contributed by atoms with Gasteiger partial charge in [0.1, 0.15) is 0 Å². The molecule has 0 bridgehead atoms. The molecule has 0 radical (unpaired) electrons. The second-order valence-electron chi connectivity index (χ2n) is 4.32. The van der Waals surface area contributed by atoms with Crippen LogP contribution in [0.15, 0.2) is 24.3 Å². The van der Waals surface area contributed by atoms with Crippen molar-refractivity contribution < 1.29 is 18.0 Å². The highest BCUT2D eigenvalue weighted by Gasteiger charge is 2.38. The van der Waals surface area contributed by atoms with Crippen molar-refractivity contribution in [2.75, 3.05) is 19.6 Å². The van der Waals surface area contributed by atoms with Crippen LogP contribution in [0, 0.1) is 0 Å². The molecule has 104 valence electrons. The Hall–Kier alpha value is -1.76. The fourth-order valence-corrected chi connectivity index (χ4v) is 2.17. The molecule has 2 rings (SSSR count). The number of nitrogens with two attached hydrogens (primary N) is 1. The summed E-state index contributed by atoms with van der Waals surface area (Å²) >= 11 is 0. The minimum Gasteiger partial charge on any atom is -0.329 e. The van der Waals surface area contributed by atoms with Crippen LogP contribution in [-0.4, -0.2) is 30.6 Å². The van der Waals surface area contributed by atoms with Crippen LogP contribution < -0.4 is 11.1 Å². The van der Waals surface area contributed by atoms with Gasteiger partial charge in [0.05, 0.1) is 11.6 Å². The smallest absolute Gasteiger partial charge is 0.329 e. The van der Waals surface area contributed by atoms with Gasteiger partial charge in [0, 0.05) is 19.6 Å². The zero-order valence-electron chi connectivity index (χ0n) is 10.1. The van der Waals surface area contributed by atoms with Crippen LogP contribution in [0.2, 0.25) is 0 Å². The maximum atomic E-state index is 12.9. The van der Waals surface area contributed by atoms with E-state index in [-0.39, 0.29) is 24.7 Å². The van der Waals surface area contributed by atoms with Crippen molar-refractivity contribution in [2.24, 2.45) is 5.73 Å². The first-order valence-electron chi connectivity index (χ1n) is 5.85. The summed E-state index contributed by atoms with van der Waals surface area (Å²) in [5.41, 5.74) is 4.73.